The molecular formula is C25H22FN3S. The minimum Gasteiger partial charge on any atom is -0.310 e. The Kier molecular flexibility index (Phi) is 3.89. The fourth-order valence-electron chi connectivity index (χ4n) is 4.57. The third kappa shape index (κ3) is 2.72. The second kappa shape index (κ2) is 6.43. The number of rotatable bonds is 5. The minimum absolute atomic E-state index is 0.0260. The number of nitrogens with one attached hydrogen (secondary N) is 1. The summed E-state index contributed by atoms with van der Waals surface area (Å²) in [6.07, 6.45) is 4.34. The largest absolute Gasteiger partial charge is 0.310 e. The van der Waals surface area contributed by atoms with Crippen LogP contribution < -0.4 is 5.32 Å². The van der Waals surface area contributed by atoms with Crippen molar-refractivity contribution >= 4 is 21.7 Å². The maximum atomic E-state index is 15.0. The normalized spacial score (nSPS) is 18.5. The first-order chi connectivity index (χ1) is 14.6. The third-order valence-corrected chi connectivity index (χ3v) is 7.80. The van der Waals surface area contributed by atoms with Crippen LogP contribution in [0.1, 0.15) is 42.5 Å². The van der Waals surface area contributed by atoms with Crippen LogP contribution in [0.3, 0.4) is 0 Å². The number of pyridine rings is 1. The molecule has 150 valence electrons. The van der Waals surface area contributed by atoms with Gasteiger partial charge < -0.3 is 5.32 Å². The first kappa shape index (κ1) is 18.2. The quantitative estimate of drug-likeness (QED) is 0.449. The van der Waals surface area contributed by atoms with Crippen LogP contribution >= 0.6 is 11.3 Å². The van der Waals surface area contributed by atoms with Gasteiger partial charge in [-0.1, -0.05) is 47.7 Å². The molecule has 2 heterocycles. The maximum Gasteiger partial charge on any atom is 0.144 e. The lowest BCUT2D eigenvalue weighted by molar-refractivity contribution is 0.572. The molecule has 2 saturated carbocycles. The summed E-state index contributed by atoms with van der Waals surface area (Å²) in [6.45, 7) is 0. The Labute approximate surface area is 179 Å². The van der Waals surface area contributed by atoms with Crippen LogP contribution in [-0.2, 0) is 11.0 Å². The fraction of sp³-hybridized carbons (Fsp3) is 0.280. The summed E-state index contributed by atoms with van der Waals surface area (Å²) in [5, 5.41) is 4.02. The minimum atomic E-state index is -0.212. The first-order valence-corrected chi connectivity index (χ1v) is 11.3. The lowest BCUT2D eigenvalue weighted by atomic mass is 9.92. The van der Waals surface area contributed by atoms with Crippen molar-refractivity contribution in [2.75, 3.05) is 7.05 Å². The molecule has 5 heteroatoms. The van der Waals surface area contributed by atoms with Gasteiger partial charge in [-0.3, -0.25) is 0 Å². The fourth-order valence-corrected chi connectivity index (χ4v) is 5.53. The van der Waals surface area contributed by atoms with E-state index < -0.39 is 0 Å². The van der Waals surface area contributed by atoms with Gasteiger partial charge in [-0.15, -0.1) is 0 Å². The molecule has 6 rings (SSSR count). The molecule has 0 atom stereocenters. The maximum absolute atomic E-state index is 15.0. The Morgan fingerprint density at radius 1 is 0.900 bits per heavy atom. The van der Waals surface area contributed by atoms with Crippen molar-refractivity contribution in [1.82, 2.24) is 15.3 Å². The van der Waals surface area contributed by atoms with E-state index in [1.54, 1.807) is 6.07 Å². The molecule has 2 aromatic carbocycles. The average molecular weight is 416 g/mol. The Hall–Kier alpha value is -2.63. The highest BCUT2D eigenvalue weighted by Gasteiger charge is 2.47. The van der Waals surface area contributed by atoms with Gasteiger partial charge in [0.2, 0.25) is 0 Å². The molecule has 0 amide bonds. The van der Waals surface area contributed by atoms with Gasteiger partial charge in [0.25, 0.3) is 0 Å². The van der Waals surface area contributed by atoms with Crippen molar-refractivity contribution in [1.29, 1.82) is 0 Å². The number of halogens is 1. The van der Waals surface area contributed by atoms with Gasteiger partial charge in [-0.05, 0) is 68.1 Å². The van der Waals surface area contributed by atoms with Crippen LogP contribution in [0.5, 0.6) is 0 Å². The van der Waals surface area contributed by atoms with Gasteiger partial charge >= 0.3 is 0 Å². The molecule has 2 fully saturated rings. The zero-order chi connectivity index (χ0) is 20.3. The first-order valence-electron chi connectivity index (χ1n) is 10.5. The summed E-state index contributed by atoms with van der Waals surface area (Å²) in [4.78, 5) is 10.5. The van der Waals surface area contributed by atoms with E-state index in [0.29, 0.717) is 10.6 Å². The second-order valence-corrected chi connectivity index (χ2v) is 9.49. The summed E-state index contributed by atoms with van der Waals surface area (Å²) in [6, 6.07) is 20.3. The molecule has 3 nitrogen and oxygen atoms in total. The number of benzene rings is 2. The summed E-state index contributed by atoms with van der Waals surface area (Å²) in [5.74, 6) is -0.212. The molecular weight excluding hydrogens is 393 g/mol. The van der Waals surface area contributed by atoms with Gasteiger partial charge in [-0.25, -0.2) is 14.4 Å². The Balaban J connectivity index is 1.37. The van der Waals surface area contributed by atoms with Crippen LogP contribution in [0.25, 0.3) is 20.9 Å². The number of fused-ring (bicyclic) bond motifs is 1. The molecule has 2 aliphatic carbocycles. The molecule has 0 spiro atoms. The van der Waals surface area contributed by atoms with Crippen molar-refractivity contribution in [2.45, 2.75) is 36.6 Å². The van der Waals surface area contributed by atoms with Gasteiger partial charge in [0.05, 0.1) is 5.69 Å². The van der Waals surface area contributed by atoms with Gasteiger partial charge in [0.15, 0.2) is 0 Å². The van der Waals surface area contributed by atoms with Gasteiger partial charge in [0, 0.05) is 16.5 Å². The van der Waals surface area contributed by atoms with Crippen LogP contribution in [0.4, 0.5) is 4.39 Å². The van der Waals surface area contributed by atoms with Crippen molar-refractivity contribution in [3.63, 3.8) is 0 Å². The predicted octanol–water partition coefficient (Wildman–Crippen LogP) is 5.79. The van der Waals surface area contributed by atoms with E-state index in [0.717, 1.165) is 47.3 Å². The Morgan fingerprint density at radius 2 is 1.70 bits per heavy atom. The summed E-state index contributed by atoms with van der Waals surface area (Å²) >= 11 is 1.47. The van der Waals surface area contributed by atoms with Crippen molar-refractivity contribution < 1.29 is 4.39 Å². The Morgan fingerprint density at radius 3 is 2.37 bits per heavy atom. The molecule has 0 radical (unpaired) electrons. The number of hydrogen-bond donors (Lipinski definition) is 1. The average Bonchev–Trinajstić information content (AvgIpc) is 3.70. The van der Waals surface area contributed by atoms with Crippen LogP contribution in [0, 0.1) is 5.82 Å². The van der Waals surface area contributed by atoms with Crippen LogP contribution in [-0.4, -0.2) is 17.0 Å². The van der Waals surface area contributed by atoms with Gasteiger partial charge in [-0.2, -0.15) is 0 Å². The molecule has 30 heavy (non-hydrogen) atoms. The molecule has 2 aliphatic rings. The summed E-state index contributed by atoms with van der Waals surface area (Å²) < 4.78 is 15.0. The smallest absolute Gasteiger partial charge is 0.144 e. The number of thiazole rings is 1. The van der Waals surface area contributed by atoms with E-state index in [1.165, 1.54) is 16.9 Å². The topological polar surface area (TPSA) is 37.8 Å². The highest BCUT2D eigenvalue weighted by atomic mass is 32.1. The summed E-state index contributed by atoms with van der Waals surface area (Å²) in [5.41, 5.74) is 4.81. The highest BCUT2D eigenvalue weighted by Crippen LogP contribution is 2.53. The number of nitrogens with zero attached hydrogens (tertiary/aromatic N) is 2. The zero-order valence-electron chi connectivity index (χ0n) is 16.8. The molecule has 1 N–H and O–H groups in total. The van der Waals surface area contributed by atoms with Crippen molar-refractivity contribution in [3.05, 3.63) is 83.3 Å². The number of hydrogen-bond acceptors (Lipinski definition) is 4. The van der Waals surface area contributed by atoms with Crippen molar-refractivity contribution in [2.24, 2.45) is 0 Å². The van der Waals surface area contributed by atoms with E-state index in [9.17, 15) is 4.39 Å². The lowest BCUT2D eigenvalue weighted by Gasteiger charge is -2.15. The van der Waals surface area contributed by atoms with E-state index in [4.69, 9.17) is 4.98 Å². The molecule has 0 saturated heterocycles. The van der Waals surface area contributed by atoms with Crippen LogP contribution in [0.15, 0.2) is 60.7 Å². The molecule has 2 aromatic heterocycles. The number of aromatic nitrogens is 2. The highest BCUT2D eigenvalue weighted by molar-refractivity contribution is 7.21. The SMILES string of the molecule is CNC1(c2ccc(-c3nc4ccc(C5(c6ccccc6)CC5)nc4s3)c(F)c2)CC1. The lowest BCUT2D eigenvalue weighted by Crippen LogP contribution is -2.24. The zero-order valence-corrected chi connectivity index (χ0v) is 17.6. The van der Waals surface area contributed by atoms with Gasteiger partial charge in [0.1, 0.15) is 21.2 Å². The predicted molar refractivity (Wildman–Crippen MR) is 119 cm³/mol. The van der Waals surface area contributed by atoms with E-state index in [1.807, 2.05) is 31.3 Å². The third-order valence-electron chi connectivity index (χ3n) is 6.80. The molecule has 0 bridgehead atoms. The van der Waals surface area contributed by atoms with Crippen molar-refractivity contribution in [3.8, 4) is 10.6 Å². The Bertz CT molecular complexity index is 1260. The summed E-state index contributed by atoms with van der Waals surface area (Å²) in [7, 11) is 1.94. The molecule has 4 aromatic rings. The second-order valence-electron chi connectivity index (χ2n) is 8.51. The molecule has 0 aliphatic heterocycles. The van der Waals surface area contributed by atoms with E-state index in [2.05, 4.69) is 40.6 Å². The standard InChI is InChI=1S/C25H22FN3S/c1-27-25(13-14-25)17-7-8-18(19(26)15-17)22-28-20-9-10-21(29-23(20)30-22)24(11-12-24)16-5-3-2-4-6-16/h2-10,15,27H,11-14H2,1H3. The van der Waals surface area contributed by atoms with E-state index in [-0.39, 0.29) is 16.8 Å². The molecule has 0 unspecified atom stereocenters. The van der Waals surface area contributed by atoms with Crippen LogP contribution in [0.2, 0.25) is 0 Å². The van der Waals surface area contributed by atoms with E-state index >= 15 is 0 Å². The monoisotopic (exact) mass is 415 g/mol.